The summed E-state index contributed by atoms with van der Waals surface area (Å²) in [6.45, 7) is 0.358. The molecule has 0 aliphatic heterocycles. The zero-order valence-electron chi connectivity index (χ0n) is 23.4. The maximum absolute atomic E-state index is 13.9. The first kappa shape index (κ1) is 28.6. The van der Waals surface area contributed by atoms with Crippen molar-refractivity contribution in [2.45, 2.75) is 70.1 Å². The molecule has 0 saturated heterocycles. The van der Waals surface area contributed by atoms with Crippen LogP contribution >= 0.6 is 0 Å². The second kappa shape index (κ2) is 14.1. The number of rotatable bonds is 12. The van der Waals surface area contributed by atoms with Gasteiger partial charge >= 0.3 is 0 Å². The van der Waals surface area contributed by atoms with Crippen molar-refractivity contribution in [3.05, 3.63) is 102 Å². The van der Waals surface area contributed by atoms with E-state index in [0.717, 1.165) is 36.8 Å². The predicted octanol–water partition coefficient (Wildman–Crippen LogP) is 5.88. The van der Waals surface area contributed by atoms with Crippen LogP contribution < -0.4 is 10.6 Å². The highest BCUT2D eigenvalue weighted by atomic mass is 16.4. The van der Waals surface area contributed by atoms with Crippen LogP contribution in [-0.4, -0.2) is 27.9 Å². The molecule has 5 rings (SSSR count). The predicted molar refractivity (Wildman–Crippen MR) is 159 cm³/mol. The Bertz CT molecular complexity index is 1370. The standard InChI is InChI=1S/C34H39N3O4/c38-31(34-37-28-18-10-11-19-30(28)41-34)29(21-20-24-12-4-1-5-13-24)36-33(40)27(22-25-14-6-2-7-15-25)32(39)35-23-26-16-8-3-9-17-26/h1,3-5,8-13,16-19,25,27,29,31,38H,2,6-7,14-15,20-23H2,(H,35,39)(H,36,40). The van der Waals surface area contributed by atoms with Gasteiger partial charge < -0.3 is 20.2 Å². The maximum Gasteiger partial charge on any atom is 0.232 e. The molecule has 2 amide bonds. The van der Waals surface area contributed by atoms with Crippen molar-refractivity contribution in [3.63, 3.8) is 0 Å². The number of carbonyl (C=O) groups excluding carboxylic acids is 2. The van der Waals surface area contributed by atoms with E-state index < -0.39 is 18.1 Å². The average Bonchev–Trinajstić information content (AvgIpc) is 3.46. The number of nitrogens with one attached hydrogen (secondary N) is 2. The summed E-state index contributed by atoms with van der Waals surface area (Å²) in [6, 6.07) is 26.3. The largest absolute Gasteiger partial charge is 0.438 e. The first-order chi connectivity index (χ1) is 20.1. The minimum absolute atomic E-state index is 0.155. The van der Waals surface area contributed by atoms with E-state index in [4.69, 9.17) is 4.42 Å². The molecule has 1 heterocycles. The van der Waals surface area contributed by atoms with Crippen molar-refractivity contribution in [1.82, 2.24) is 15.6 Å². The number of aliphatic hydroxyl groups excluding tert-OH is 1. The summed E-state index contributed by atoms with van der Waals surface area (Å²) in [7, 11) is 0. The number of amides is 2. The molecule has 214 valence electrons. The van der Waals surface area contributed by atoms with E-state index >= 15 is 0 Å². The molecule has 3 aromatic carbocycles. The molecule has 1 fully saturated rings. The molecule has 1 aliphatic carbocycles. The molecule has 3 unspecified atom stereocenters. The lowest BCUT2D eigenvalue weighted by Gasteiger charge is -2.28. The fourth-order valence-electron chi connectivity index (χ4n) is 5.75. The zero-order chi connectivity index (χ0) is 28.4. The van der Waals surface area contributed by atoms with E-state index in [0.29, 0.717) is 42.8 Å². The molecular weight excluding hydrogens is 514 g/mol. The van der Waals surface area contributed by atoms with Gasteiger partial charge in [0.15, 0.2) is 11.7 Å². The van der Waals surface area contributed by atoms with Crippen LogP contribution in [0.3, 0.4) is 0 Å². The summed E-state index contributed by atoms with van der Waals surface area (Å²) in [5.74, 6) is -1.02. The number of hydrogen-bond acceptors (Lipinski definition) is 5. The van der Waals surface area contributed by atoms with Crippen molar-refractivity contribution >= 4 is 22.9 Å². The van der Waals surface area contributed by atoms with Gasteiger partial charge in [0.25, 0.3) is 0 Å². The van der Waals surface area contributed by atoms with Crippen LogP contribution in [0.25, 0.3) is 11.1 Å². The Morgan fingerprint density at radius 2 is 1.51 bits per heavy atom. The lowest BCUT2D eigenvalue weighted by atomic mass is 9.82. The molecular formula is C34H39N3O4. The Labute approximate surface area is 241 Å². The van der Waals surface area contributed by atoms with E-state index in [1.54, 1.807) is 6.07 Å². The Hall–Kier alpha value is -3.97. The van der Waals surface area contributed by atoms with E-state index in [1.165, 1.54) is 6.42 Å². The maximum atomic E-state index is 13.9. The summed E-state index contributed by atoms with van der Waals surface area (Å²) < 4.78 is 5.87. The summed E-state index contributed by atoms with van der Waals surface area (Å²) >= 11 is 0. The molecule has 0 radical (unpaired) electrons. The minimum Gasteiger partial charge on any atom is -0.438 e. The summed E-state index contributed by atoms with van der Waals surface area (Å²) in [4.78, 5) is 31.8. The highest BCUT2D eigenvalue weighted by Gasteiger charge is 2.34. The van der Waals surface area contributed by atoms with Crippen molar-refractivity contribution < 1.29 is 19.1 Å². The first-order valence-electron chi connectivity index (χ1n) is 14.8. The van der Waals surface area contributed by atoms with Crippen LogP contribution in [-0.2, 0) is 22.6 Å². The van der Waals surface area contributed by atoms with Crippen LogP contribution in [0.4, 0.5) is 0 Å². The Morgan fingerprint density at radius 1 is 0.854 bits per heavy atom. The van der Waals surface area contributed by atoms with E-state index in [1.807, 2.05) is 78.9 Å². The molecule has 3 atom stereocenters. The highest BCUT2D eigenvalue weighted by Crippen LogP contribution is 2.30. The van der Waals surface area contributed by atoms with Gasteiger partial charge in [-0.05, 0) is 48.4 Å². The van der Waals surface area contributed by atoms with Gasteiger partial charge in [0.2, 0.25) is 17.7 Å². The zero-order valence-corrected chi connectivity index (χ0v) is 23.4. The normalized spacial score (nSPS) is 16.1. The quantitative estimate of drug-likeness (QED) is 0.190. The number of oxazole rings is 1. The smallest absolute Gasteiger partial charge is 0.232 e. The third kappa shape index (κ3) is 7.82. The SMILES string of the molecule is O=C(NCc1ccccc1)C(CC1CCCCC1)C(=O)NC(CCc1ccccc1)C(O)c1nc2ccccc2o1. The molecule has 3 N–H and O–H groups in total. The summed E-state index contributed by atoms with van der Waals surface area (Å²) in [5.41, 5.74) is 3.29. The van der Waals surface area contributed by atoms with Crippen LogP contribution in [0.2, 0.25) is 0 Å². The van der Waals surface area contributed by atoms with E-state index in [-0.39, 0.29) is 17.7 Å². The third-order valence-corrected chi connectivity index (χ3v) is 8.10. The van der Waals surface area contributed by atoms with Crippen molar-refractivity contribution in [2.75, 3.05) is 0 Å². The number of nitrogens with zero attached hydrogens (tertiary/aromatic N) is 1. The topological polar surface area (TPSA) is 104 Å². The number of para-hydroxylation sites is 2. The number of benzene rings is 3. The molecule has 7 heteroatoms. The van der Waals surface area contributed by atoms with Crippen LogP contribution in [0, 0.1) is 11.8 Å². The number of fused-ring (bicyclic) bond motifs is 1. The minimum atomic E-state index is -1.17. The van der Waals surface area contributed by atoms with Crippen molar-refractivity contribution in [3.8, 4) is 0 Å². The Balaban J connectivity index is 1.34. The fraction of sp³-hybridized carbons (Fsp3) is 0.382. The van der Waals surface area contributed by atoms with Gasteiger partial charge in [0.05, 0.1) is 6.04 Å². The molecule has 7 nitrogen and oxygen atoms in total. The monoisotopic (exact) mass is 553 g/mol. The number of carbonyl (C=O) groups is 2. The molecule has 1 aliphatic rings. The summed E-state index contributed by atoms with van der Waals surface area (Å²) in [6.07, 6.45) is 5.92. The molecule has 0 spiro atoms. The molecule has 1 saturated carbocycles. The van der Waals surface area contributed by atoms with Gasteiger partial charge in [0.1, 0.15) is 11.4 Å². The number of aliphatic hydroxyl groups is 1. The van der Waals surface area contributed by atoms with Crippen molar-refractivity contribution in [2.24, 2.45) is 11.8 Å². The van der Waals surface area contributed by atoms with Crippen LogP contribution in [0.1, 0.15) is 68.1 Å². The average molecular weight is 554 g/mol. The van der Waals surface area contributed by atoms with Crippen molar-refractivity contribution in [1.29, 1.82) is 0 Å². The van der Waals surface area contributed by atoms with Gasteiger partial charge in [0, 0.05) is 6.54 Å². The van der Waals surface area contributed by atoms with Gasteiger partial charge in [-0.15, -0.1) is 0 Å². The molecule has 4 aromatic rings. The lowest BCUT2D eigenvalue weighted by molar-refractivity contribution is -0.137. The van der Waals surface area contributed by atoms with Gasteiger partial charge in [-0.2, -0.15) is 0 Å². The second-order valence-electron chi connectivity index (χ2n) is 11.1. The van der Waals surface area contributed by atoms with E-state index in [9.17, 15) is 14.7 Å². The molecule has 1 aromatic heterocycles. The van der Waals surface area contributed by atoms with Gasteiger partial charge in [-0.25, -0.2) is 4.98 Å². The van der Waals surface area contributed by atoms with Gasteiger partial charge in [-0.1, -0.05) is 105 Å². The number of hydrogen-bond donors (Lipinski definition) is 3. The first-order valence-corrected chi connectivity index (χ1v) is 14.8. The summed E-state index contributed by atoms with van der Waals surface area (Å²) in [5, 5.41) is 17.5. The highest BCUT2D eigenvalue weighted by molar-refractivity contribution is 6.00. The third-order valence-electron chi connectivity index (χ3n) is 8.10. The molecule has 41 heavy (non-hydrogen) atoms. The number of aryl methyl sites for hydroxylation is 1. The Kier molecular flexibility index (Phi) is 9.81. The number of aromatic nitrogens is 1. The fourth-order valence-corrected chi connectivity index (χ4v) is 5.75. The lowest BCUT2D eigenvalue weighted by Crippen LogP contribution is -2.47. The van der Waals surface area contributed by atoms with Crippen LogP contribution in [0.5, 0.6) is 0 Å². The van der Waals surface area contributed by atoms with Gasteiger partial charge in [-0.3, -0.25) is 9.59 Å². The molecule has 0 bridgehead atoms. The van der Waals surface area contributed by atoms with E-state index in [2.05, 4.69) is 15.6 Å². The Morgan fingerprint density at radius 3 is 2.22 bits per heavy atom. The van der Waals surface area contributed by atoms with Crippen LogP contribution in [0.15, 0.2) is 89.3 Å². The second-order valence-corrected chi connectivity index (χ2v) is 11.1.